The molecule has 0 aliphatic carbocycles. The van der Waals surface area contributed by atoms with Crippen LogP contribution in [-0.4, -0.2) is 75.5 Å². The van der Waals surface area contributed by atoms with Crippen molar-refractivity contribution in [2.75, 3.05) is 13.2 Å². The molecule has 0 aromatic heterocycles. The molecule has 7 N–H and O–H groups in total. The largest absolute Gasteiger partial charge is 0.462 e. The van der Waals surface area contributed by atoms with Gasteiger partial charge in [-0.25, -0.2) is 0 Å². The predicted octanol–water partition coefficient (Wildman–Crippen LogP) is -2.27. The molecule has 0 spiro atoms. The van der Waals surface area contributed by atoms with Gasteiger partial charge in [-0.3, -0.25) is 0 Å². The van der Waals surface area contributed by atoms with E-state index in [0.29, 0.717) is 12.2 Å². The summed E-state index contributed by atoms with van der Waals surface area (Å²) in [5, 5.41) is 47.4. The first-order chi connectivity index (χ1) is 11.0. The fourth-order valence-corrected chi connectivity index (χ4v) is 2.37. The molecule has 1 saturated heterocycles. The maximum absolute atomic E-state index is 9.90. The van der Waals surface area contributed by atoms with E-state index in [4.69, 9.17) is 25.4 Å². The van der Waals surface area contributed by atoms with E-state index in [1.807, 2.05) is 0 Å². The first kappa shape index (κ1) is 18.1. The molecule has 8 nitrogen and oxygen atoms in total. The van der Waals surface area contributed by atoms with E-state index in [2.05, 4.69) is 0 Å². The molecule has 2 rings (SSSR count). The van der Waals surface area contributed by atoms with Crippen LogP contribution in [-0.2, 0) is 11.2 Å². The average Bonchev–Trinajstić information content (AvgIpc) is 2.56. The number of benzene rings is 1. The van der Waals surface area contributed by atoms with Crippen LogP contribution in [0.2, 0.25) is 0 Å². The summed E-state index contributed by atoms with van der Waals surface area (Å²) in [5.41, 5.74) is 6.57. The van der Waals surface area contributed by atoms with E-state index in [9.17, 15) is 15.3 Å². The van der Waals surface area contributed by atoms with Crippen LogP contribution in [0.25, 0.3) is 0 Å². The van der Waals surface area contributed by atoms with E-state index < -0.39 is 37.3 Å². The molecule has 0 unspecified atom stereocenters. The van der Waals surface area contributed by atoms with Crippen molar-refractivity contribution >= 4 is 0 Å². The molecule has 1 fully saturated rings. The van der Waals surface area contributed by atoms with Crippen LogP contribution in [0, 0.1) is 0 Å². The summed E-state index contributed by atoms with van der Waals surface area (Å²) < 4.78 is 10.7. The normalized spacial score (nSPS) is 32.5. The lowest BCUT2D eigenvalue weighted by molar-refractivity contribution is -0.277. The number of hydrogen-bond acceptors (Lipinski definition) is 8. The molecule has 0 amide bonds. The second-order valence-corrected chi connectivity index (χ2v) is 5.61. The fourth-order valence-electron chi connectivity index (χ4n) is 2.37. The van der Waals surface area contributed by atoms with Gasteiger partial charge in [-0.15, -0.1) is 0 Å². The lowest BCUT2D eigenvalue weighted by Crippen LogP contribution is -2.60. The number of rotatable bonds is 6. The summed E-state index contributed by atoms with van der Waals surface area (Å²) in [4.78, 5) is 0. The van der Waals surface area contributed by atoms with Crippen molar-refractivity contribution < 1.29 is 35.0 Å². The topological polar surface area (TPSA) is 146 Å². The summed E-state index contributed by atoms with van der Waals surface area (Å²) in [6.07, 6.45) is -6.06. The van der Waals surface area contributed by atoms with Crippen molar-refractivity contribution in [3.05, 3.63) is 29.8 Å². The van der Waals surface area contributed by atoms with Crippen LogP contribution < -0.4 is 10.5 Å². The number of ether oxygens (including phenoxy) is 2. The van der Waals surface area contributed by atoms with Crippen LogP contribution in [0.15, 0.2) is 24.3 Å². The van der Waals surface area contributed by atoms with E-state index in [-0.39, 0.29) is 12.6 Å². The Kier molecular flexibility index (Phi) is 6.31. The van der Waals surface area contributed by atoms with Gasteiger partial charge in [0.25, 0.3) is 0 Å². The number of nitrogens with two attached hydrogens (primary N) is 1. The molecule has 1 heterocycles. The van der Waals surface area contributed by atoms with Crippen molar-refractivity contribution in [3.8, 4) is 5.75 Å². The van der Waals surface area contributed by atoms with E-state index in [1.54, 1.807) is 24.3 Å². The Morgan fingerprint density at radius 2 is 1.70 bits per heavy atom. The van der Waals surface area contributed by atoms with Crippen molar-refractivity contribution in [1.29, 1.82) is 0 Å². The van der Waals surface area contributed by atoms with Crippen LogP contribution in [0.5, 0.6) is 5.75 Å². The lowest BCUT2D eigenvalue weighted by Gasteiger charge is -2.39. The summed E-state index contributed by atoms with van der Waals surface area (Å²) in [7, 11) is 0. The zero-order valence-electron chi connectivity index (χ0n) is 12.5. The van der Waals surface area contributed by atoms with E-state index in [0.717, 1.165) is 5.56 Å². The molecule has 0 saturated carbocycles. The van der Waals surface area contributed by atoms with Gasteiger partial charge in [0.1, 0.15) is 30.2 Å². The molecule has 0 bridgehead atoms. The Hall–Kier alpha value is -1.26. The summed E-state index contributed by atoms with van der Waals surface area (Å²) in [6, 6.07) is 6.46. The van der Waals surface area contributed by atoms with Gasteiger partial charge < -0.3 is 40.7 Å². The molecular weight excluding hydrogens is 306 g/mol. The molecule has 8 heteroatoms. The molecule has 1 aromatic rings. The highest BCUT2D eigenvalue weighted by Gasteiger charge is 2.44. The highest BCUT2D eigenvalue weighted by molar-refractivity contribution is 5.28. The Bertz CT molecular complexity index is 481. The van der Waals surface area contributed by atoms with Crippen LogP contribution in [0.3, 0.4) is 0 Å². The van der Waals surface area contributed by atoms with Gasteiger partial charge in [0.05, 0.1) is 13.2 Å². The zero-order valence-corrected chi connectivity index (χ0v) is 12.5. The van der Waals surface area contributed by atoms with Crippen LogP contribution in [0.1, 0.15) is 5.56 Å². The minimum absolute atomic E-state index is 0.108. The monoisotopic (exact) mass is 329 g/mol. The first-order valence-corrected chi connectivity index (χ1v) is 7.38. The third-order valence-electron chi connectivity index (χ3n) is 3.76. The number of aliphatic hydroxyl groups is 5. The molecule has 1 aliphatic heterocycles. The van der Waals surface area contributed by atoms with Gasteiger partial charge in [0.15, 0.2) is 0 Å². The minimum atomic E-state index is -1.48. The standard InChI is InChI=1S/C15H23NO7/c16-9(6-17)5-8-1-3-10(4-2-8)22-15-14(21)13(20)12(19)11(7-18)23-15/h1-4,9,11-15,17-21H,5-7,16H2/t9-,11+,12+,13-,14-,15+/m0/s1. The average molecular weight is 329 g/mol. The molecule has 0 radical (unpaired) electrons. The highest BCUT2D eigenvalue weighted by atomic mass is 16.7. The van der Waals surface area contributed by atoms with Crippen molar-refractivity contribution in [2.24, 2.45) is 5.73 Å². The smallest absolute Gasteiger partial charge is 0.229 e. The van der Waals surface area contributed by atoms with Crippen molar-refractivity contribution in [3.63, 3.8) is 0 Å². The van der Waals surface area contributed by atoms with Crippen LogP contribution in [0.4, 0.5) is 0 Å². The van der Waals surface area contributed by atoms with Gasteiger partial charge in [-0.05, 0) is 24.1 Å². The third kappa shape index (κ3) is 4.39. The zero-order chi connectivity index (χ0) is 17.0. The Morgan fingerprint density at radius 3 is 2.26 bits per heavy atom. The maximum Gasteiger partial charge on any atom is 0.229 e. The quantitative estimate of drug-likeness (QED) is 0.342. The SMILES string of the molecule is N[C@H](CO)Cc1ccc(O[C@@H]2O[C@H](CO)[C@@H](O)[C@H](O)[C@@H]2O)cc1. The molecule has 6 atom stereocenters. The highest BCUT2D eigenvalue weighted by Crippen LogP contribution is 2.24. The molecular formula is C15H23NO7. The Balaban J connectivity index is 2.00. The Labute approximate surface area is 133 Å². The van der Waals surface area contributed by atoms with Crippen molar-refractivity contribution in [2.45, 2.75) is 43.2 Å². The van der Waals surface area contributed by atoms with Gasteiger partial charge >= 0.3 is 0 Å². The van der Waals surface area contributed by atoms with Crippen LogP contribution >= 0.6 is 0 Å². The maximum atomic E-state index is 9.90. The molecule has 130 valence electrons. The van der Waals surface area contributed by atoms with Gasteiger partial charge in [0, 0.05) is 6.04 Å². The predicted molar refractivity (Wildman–Crippen MR) is 79.6 cm³/mol. The Morgan fingerprint density at radius 1 is 1.04 bits per heavy atom. The van der Waals surface area contributed by atoms with E-state index >= 15 is 0 Å². The van der Waals surface area contributed by atoms with Gasteiger partial charge in [-0.1, -0.05) is 12.1 Å². The third-order valence-corrected chi connectivity index (χ3v) is 3.76. The first-order valence-electron chi connectivity index (χ1n) is 7.38. The second kappa shape index (κ2) is 8.02. The summed E-state index contributed by atoms with van der Waals surface area (Å²) in [5.74, 6) is 0.385. The van der Waals surface area contributed by atoms with Gasteiger partial charge in [-0.2, -0.15) is 0 Å². The van der Waals surface area contributed by atoms with E-state index in [1.165, 1.54) is 0 Å². The fraction of sp³-hybridized carbons (Fsp3) is 0.600. The minimum Gasteiger partial charge on any atom is -0.462 e. The number of aliphatic hydroxyl groups excluding tert-OH is 5. The lowest BCUT2D eigenvalue weighted by atomic mass is 9.99. The molecule has 1 aromatic carbocycles. The molecule has 23 heavy (non-hydrogen) atoms. The summed E-state index contributed by atoms with van der Waals surface area (Å²) in [6.45, 7) is -0.619. The van der Waals surface area contributed by atoms with Gasteiger partial charge in [0.2, 0.25) is 6.29 Å². The second-order valence-electron chi connectivity index (χ2n) is 5.61. The molecule has 1 aliphatic rings. The summed E-state index contributed by atoms with van der Waals surface area (Å²) >= 11 is 0. The number of hydrogen-bond donors (Lipinski definition) is 6. The van der Waals surface area contributed by atoms with Crippen molar-refractivity contribution in [1.82, 2.24) is 0 Å².